The van der Waals surface area contributed by atoms with Gasteiger partial charge in [-0.1, -0.05) is 32.0 Å². The summed E-state index contributed by atoms with van der Waals surface area (Å²) in [4.78, 5) is 0. The molecule has 0 spiro atoms. The van der Waals surface area contributed by atoms with Gasteiger partial charge in [0.25, 0.3) is 0 Å². The smallest absolute Gasteiger partial charge is 0.161 e. The lowest BCUT2D eigenvalue weighted by Gasteiger charge is -2.24. The van der Waals surface area contributed by atoms with E-state index in [-0.39, 0.29) is 24.0 Å². The lowest BCUT2D eigenvalue weighted by atomic mass is 9.85. The van der Waals surface area contributed by atoms with E-state index in [2.05, 4.69) is 13.8 Å². The third-order valence-electron chi connectivity index (χ3n) is 7.84. The lowest BCUT2D eigenvalue weighted by Crippen LogP contribution is -2.22. The molecule has 6 atom stereocenters. The fraction of sp³-hybridized carbons (Fsp3) is 0.438. The molecule has 8 nitrogen and oxygen atoms in total. The maximum atomic E-state index is 11.0. The van der Waals surface area contributed by atoms with Crippen molar-refractivity contribution in [1.82, 2.24) is 0 Å². The maximum Gasteiger partial charge on any atom is 0.161 e. The molecule has 0 aromatic heterocycles. The maximum absolute atomic E-state index is 11.0. The van der Waals surface area contributed by atoms with E-state index in [4.69, 9.17) is 33.2 Å². The number of benzene rings is 3. The Hall–Kier alpha value is -3.62. The van der Waals surface area contributed by atoms with Crippen LogP contribution in [-0.4, -0.2) is 46.8 Å². The Morgan fingerprint density at radius 1 is 0.600 bits per heavy atom. The van der Waals surface area contributed by atoms with Gasteiger partial charge in [0.2, 0.25) is 0 Å². The Kier molecular flexibility index (Phi) is 9.32. The summed E-state index contributed by atoms with van der Waals surface area (Å²) < 4.78 is 40.1. The SMILES string of the molecule is COc1ccc(C(O)C(C)Oc2ccc([C@H]3O[C@H](c4ccc(OC)c(OC)c4)[C@H](C)[C@H]3C)cc2OC)cc1OC. The molecule has 0 aliphatic carbocycles. The molecule has 40 heavy (non-hydrogen) atoms. The molecule has 1 saturated heterocycles. The molecular formula is C32H40O8. The summed E-state index contributed by atoms with van der Waals surface area (Å²) in [7, 11) is 8.00. The zero-order valence-corrected chi connectivity index (χ0v) is 24.5. The van der Waals surface area contributed by atoms with Gasteiger partial charge in [-0.05, 0) is 71.8 Å². The first-order valence-electron chi connectivity index (χ1n) is 13.4. The molecule has 1 aliphatic rings. The van der Waals surface area contributed by atoms with Crippen LogP contribution >= 0.6 is 0 Å². The Labute approximate surface area is 236 Å². The Morgan fingerprint density at radius 2 is 1.02 bits per heavy atom. The van der Waals surface area contributed by atoms with E-state index in [0.717, 1.165) is 11.1 Å². The minimum absolute atomic E-state index is 0.0987. The van der Waals surface area contributed by atoms with E-state index in [9.17, 15) is 5.11 Å². The topological polar surface area (TPSA) is 84.8 Å². The second-order valence-electron chi connectivity index (χ2n) is 10.1. The van der Waals surface area contributed by atoms with Gasteiger partial charge in [-0.2, -0.15) is 0 Å². The minimum Gasteiger partial charge on any atom is -0.493 e. The molecule has 0 radical (unpaired) electrons. The fourth-order valence-electron chi connectivity index (χ4n) is 5.28. The highest BCUT2D eigenvalue weighted by Gasteiger charge is 2.41. The van der Waals surface area contributed by atoms with Gasteiger partial charge in [-0.25, -0.2) is 0 Å². The van der Waals surface area contributed by atoms with E-state index < -0.39 is 12.2 Å². The largest absolute Gasteiger partial charge is 0.493 e. The highest BCUT2D eigenvalue weighted by atomic mass is 16.5. The minimum atomic E-state index is -0.898. The predicted molar refractivity (Wildman–Crippen MR) is 152 cm³/mol. The highest BCUT2D eigenvalue weighted by molar-refractivity contribution is 5.46. The van der Waals surface area contributed by atoms with Crippen LogP contribution in [0.25, 0.3) is 0 Å². The van der Waals surface area contributed by atoms with Crippen LogP contribution in [0.3, 0.4) is 0 Å². The lowest BCUT2D eigenvalue weighted by molar-refractivity contribution is 0.0284. The molecular weight excluding hydrogens is 512 g/mol. The molecule has 2 unspecified atom stereocenters. The number of hydrogen-bond donors (Lipinski definition) is 1. The average Bonchev–Trinajstić information content (AvgIpc) is 3.29. The third-order valence-corrected chi connectivity index (χ3v) is 7.84. The molecule has 1 N–H and O–H groups in total. The van der Waals surface area contributed by atoms with Crippen molar-refractivity contribution in [2.45, 2.75) is 45.2 Å². The quantitative estimate of drug-likeness (QED) is 0.296. The Balaban J connectivity index is 1.52. The standard InChI is InChI=1S/C32H40O8/c1-18-19(2)32(40-31(18)22-10-13-25(35-5)28(16-22)37-7)23-11-14-26(29(17-23)38-8)39-20(3)30(33)21-9-12-24(34-4)27(15-21)36-6/h9-20,30-33H,1-8H3/t18-,19-,20?,30?,31+,32+/m1/s1. The first-order valence-corrected chi connectivity index (χ1v) is 13.4. The van der Waals surface area contributed by atoms with Gasteiger partial charge in [0.1, 0.15) is 12.2 Å². The molecule has 3 aromatic rings. The van der Waals surface area contributed by atoms with Gasteiger partial charge < -0.3 is 38.3 Å². The van der Waals surface area contributed by atoms with Crippen molar-refractivity contribution in [2.24, 2.45) is 11.8 Å². The number of ether oxygens (including phenoxy) is 7. The number of aliphatic hydroxyl groups excluding tert-OH is 1. The summed E-state index contributed by atoms with van der Waals surface area (Å²) in [6.07, 6.45) is -1.69. The van der Waals surface area contributed by atoms with Crippen molar-refractivity contribution in [1.29, 1.82) is 0 Å². The van der Waals surface area contributed by atoms with Gasteiger partial charge in [0.05, 0.1) is 47.8 Å². The van der Waals surface area contributed by atoms with E-state index in [1.807, 2.05) is 43.3 Å². The number of hydrogen-bond acceptors (Lipinski definition) is 8. The van der Waals surface area contributed by atoms with Crippen molar-refractivity contribution in [3.63, 3.8) is 0 Å². The fourth-order valence-corrected chi connectivity index (χ4v) is 5.28. The normalized spacial score (nSPS) is 21.8. The first kappa shape index (κ1) is 29.4. The average molecular weight is 553 g/mol. The summed E-state index contributed by atoms with van der Waals surface area (Å²) in [5.74, 6) is 4.12. The molecule has 1 aliphatic heterocycles. The van der Waals surface area contributed by atoms with E-state index in [0.29, 0.717) is 40.1 Å². The highest BCUT2D eigenvalue weighted by Crippen LogP contribution is 2.50. The van der Waals surface area contributed by atoms with Crippen LogP contribution in [-0.2, 0) is 4.74 Å². The van der Waals surface area contributed by atoms with Gasteiger partial charge in [0, 0.05) is 0 Å². The second kappa shape index (κ2) is 12.7. The third kappa shape index (κ3) is 5.78. The first-order chi connectivity index (χ1) is 19.3. The molecule has 1 fully saturated rings. The molecule has 3 aromatic carbocycles. The van der Waals surface area contributed by atoms with E-state index in [1.54, 1.807) is 53.7 Å². The van der Waals surface area contributed by atoms with Crippen LogP contribution in [0.2, 0.25) is 0 Å². The number of rotatable bonds is 11. The van der Waals surface area contributed by atoms with Crippen molar-refractivity contribution in [2.75, 3.05) is 35.5 Å². The van der Waals surface area contributed by atoms with Crippen LogP contribution in [0, 0.1) is 11.8 Å². The molecule has 1 heterocycles. The molecule has 216 valence electrons. The summed E-state index contributed by atoms with van der Waals surface area (Å²) >= 11 is 0. The predicted octanol–water partition coefficient (Wildman–Crippen LogP) is 6.32. The van der Waals surface area contributed by atoms with Gasteiger partial charge in [-0.3, -0.25) is 0 Å². The second-order valence-corrected chi connectivity index (χ2v) is 10.1. The van der Waals surface area contributed by atoms with Crippen LogP contribution in [0.5, 0.6) is 34.5 Å². The molecule has 0 amide bonds. The van der Waals surface area contributed by atoms with Gasteiger partial charge in [-0.15, -0.1) is 0 Å². The zero-order chi connectivity index (χ0) is 29.0. The molecule has 8 heteroatoms. The van der Waals surface area contributed by atoms with Crippen molar-refractivity contribution in [3.05, 3.63) is 71.3 Å². The Morgan fingerprint density at radius 3 is 1.52 bits per heavy atom. The van der Waals surface area contributed by atoms with Crippen molar-refractivity contribution >= 4 is 0 Å². The van der Waals surface area contributed by atoms with Crippen molar-refractivity contribution < 1.29 is 38.3 Å². The van der Waals surface area contributed by atoms with Crippen LogP contribution in [0.4, 0.5) is 0 Å². The summed E-state index contributed by atoms with van der Waals surface area (Å²) in [5.41, 5.74) is 2.70. The summed E-state index contributed by atoms with van der Waals surface area (Å²) in [5, 5.41) is 11.0. The van der Waals surface area contributed by atoms with E-state index >= 15 is 0 Å². The van der Waals surface area contributed by atoms with E-state index in [1.165, 1.54) is 0 Å². The van der Waals surface area contributed by atoms with Crippen LogP contribution in [0.1, 0.15) is 55.8 Å². The van der Waals surface area contributed by atoms with Gasteiger partial charge >= 0.3 is 0 Å². The molecule has 4 rings (SSSR count). The number of aliphatic hydroxyl groups is 1. The summed E-state index contributed by atoms with van der Waals surface area (Å²) in [6, 6.07) is 17.1. The monoisotopic (exact) mass is 552 g/mol. The molecule has 0 bridgehead atoms. The Bertz CT molecular complexity index is 1290. The zero-order valence-electron chi connectivity index (χ0n) is 24.5. The van der Waals surface area contributed by atoms with Crippen LogP contribution in [0.15, 0.2) is 54.6 Å². The summed E-state index contributed by atoms with van der Waals surface area (Å²) in [6.45, 7) is 6.22. The molecule has 0 saturated carbocycles. The van der Waals surface area contributed by atoms with Gasteiger partial charge in [0.15, 0.2) is 34.5 Å². The number of methoxy groups -OCH3 is 5. The van der Waals surface area contributed by atoms with Crippen LogP contribution < -0.4 is 28.4 Å². The van der Waals surface area contributed by atoms with Crippen molar-refractivity contribution in [3.8, 4) is 34.5 Å².